The van der Waals surface area contributed by atoms with Gasteiger partial charge in [0.05, 0.1) is 0 Å². The first-order valence-electron chi connectivity index (χ1n) is 5.07. The van der Waals surface area contributed by atoms with Gasteiger partial charge in [0, 0.05) is 24.4 Å². The third kappa shape index (κ3) is 2.37. The molecule has 0 saturated carbocycles. The molecule has 0 bridgehead atoms. The highest BCUT2D eigenvalue weighted by Gasteiger charge is 2.35. The zero-order chi connectivity index (χ0) is 9.84. The Kier molecular flexibility index (Phi) is 4.04. The second kappa shape index (κ2) is 4.85. The highest BCUT2D eigenvalue weighted by molar-refractivity contribution is 6.18. The van der Waals surface area contributed by atoms with E-state index in [1.165, 1.54) is 0 Å². The van der Waals surface area contributed by atoms with Gasteiger partial charge in [0.2, 0.25) is 5.91 Å². The molecule has 1 saturated heterocycles. The third-order valence-corrected chi connectivity index (χ3v) is 3.06. The normalized spacial score (nSPS) is 28.5. The van der Waals surface area contributed by atoms with Crippen LogP contribution in [0.3, 0.4) is 0 Å². The van der Waals surface area contributed by atoms with Crippen molar-refractivity contribution in [1.82, 2.24) is 4.90 Å². The van der Waals surface area contributed by atoms with Gasteiger partial charge < -0.3 is 4.90 Å². The van der Waals surface area contributed by atoms with Crippen LogP contribution in [0.1, 0.15) is 33.1 Å². The molecule has 0 aromatic carbocycles. The predicted molar refractivity (Wildman–Crippen MR) is 54.9 cm³/mol. The quantitative estimate of drug-likeness (QED) is 0.642. The molecule has 13 heavy (non-hydrogen) atoms. The maximum Gasteiger partial charge on any atom is 0.225 e. The molecule has 1 heterocycles. The van der Waals surface area contributed by atoms with Crippen LogP contribution in [0.4, 0.5) is 0 Å². The van der Waals surface area contributed by atoms with Crippen LogP contribution in [-0.2, 0) is 4.79 Å². The number of carbonyl (C=O) groups excluding carboxylic acids is 1. The number of unbranched alkanes of at least 4 members (excludes halogenated alkanes) is 1. The highest BCUT2D eigenvalue weighted by Crippen LogP contribution is 2.25. The van der Waals surface area contributed by atoms with E-state index in [4.69, 9.17) is 11.6 Å². The van der Waals surface area contributed by atoms with Gasteiger partial charge in [0.15, 0.2) is 0 Å². The van der Waals surface area contributed by atoms with Gasteiger partial charge in [-0.3, -0.25) is 4.79 Å². The molecule has 0 aromatic heterocycles. The van der Waals surface area contributed by atoms with E-state index >= 15 is 0 Å². The summed E-state index contributed by atoms with van der Waals surface area (Å²) in [4.78, 5) is 13.6. The molecule has 0 spiro atoms. The third-order valence-electron chi connectivity index (χ3n) is 2.70. The fraction of sp³-hybridized carbons (Fsp3) is 0.900. The summed E-state index contributed by atoms with van der Waals surface area (Å²) in [6.07, 6.45) is 3.16. The molecular weight excluding hydrogens is 186 g/mol. The van der Waals surface area contributed by atoms with Crippen molar-refractivity contribution in [3.8, 4) is 0 Å². The summed E-state index contributed by atoms with van der Waals surface area (Å²) in [6.45, 7) is 5.02. The van der Waals surface area contributed by atoms with Crippen molar-refractivity contribution in [1.29, 1.82) is 0 Å². The Morgan fingerprint density at radius 2 is 2.31 bits per heavy atom. The molecule has 0 aliphatic carbocycles. The molecule has 1 aliphatic heterocycles. The Bertz CT molecular complexity index is 184. The lowest BCUT2D eigenvalue weighted by Gasteiger charge is -2.22. The van der Waals surface area contributed by atoms with E-state index in [1.807, 2.05) is 11.8 Å². The lowest BCUT2D eigenvalue weighted by Crippen LogP contribution is -2.35. The zero-order valence-electron chi connectivity index (χ0n) is 8.42. The average molecular weight is 204 g/mol. The lowest BCUT2D eigenvalue weighted by molar-refractivity contribution is -0.131. The summed E-state index contributed by atoms with van der Waals surface area (Å²) >= 11 is 5.82. The van der Waals surface area contributed by atoms with Crippen molar-refractivity contribution in [3.05, 3.63) is 0 Å². The van der Waals surface area contributed by atoms with Crippen LogP contribution in [0, 0.1) is 5.92 Å². The molecule has 0 radical (unpaired) electrons. The van der Waals surface area contributed by atoms with E-state index in [9.17, 15) is 4.79 Å². The molecule has 1 rings (SSSR count). The van der Waals surface area contributed by atoms with Gasteiger partial charge in [-0.1, -0.05) is 20.3 Å². The highest BCUT2D eigenvalue weighted by atomic mass is 35.5. The maximum atomic E-state index is 11.6. The van der Waals surface area contributed by atoms with Crippen molar-refractivity contribution in [2.45, 2.75) is 39.2 Å². The first-order valence-corrected chi connectivity index (χ1v) is 5.60. The second-order valence-electron chi connectivity index (χ2n) is 3.83. The molecule has 0 N–H and O–H groups in total. The molecule has 2 atom stereocenters. The predicted octanol–water partition coefficient (Wildman–Crippen LogP) is 2.26. The monoisotopic (exact) mass is 203 g/mol. The number of likely N-dealkylation sites (tertiary alicyclic amines) is 1. The molecule has 1 aliphatic rings. The number of hydrogen-bond donors (Lipinski definition) is 0. The first kappa shape index (κ1) is 10.8. The minimum Gasteiger partial charge on any atom is -0.338 e. The summed E-state index contributed by atoms with van der Waals surface area (Å²) in [5, 5.41) is 0. The Balaban J connectivity index is 2.52. The molecule has 0 aromatic rings. The number of nitrogens with zero attached hydrogens (tertiary/aromatic N) is 1. The van der Waals surface area contributed by atoms with Gasteiger partial charge in [-0.05, 0) is 12.8 Å². The minimum absolute atomic E-state index is 0.181. The SMILES string of the molecule is CCCCN1C(=O)C(C)CC1CCl. The molecule has 1 fully saturated rings. The number of hydrogen-bond acceptors (Lipinski definition) is 1. The zero-order valence-corrected chi connectivity index (χ0v) is 9.18. The number of alkyl halides is 1. The van der Waals surface area contributed by atoms with E-state index in [-0.39, 0.29) is 12.0 Å². The van der Waals surface area contributed by atoms with Crippen LogP contribution in [0.25, 0.3) is 0 Å². The van der Waals surface area contributed by atoms with Crippen LogP contribution < -0.4 is 0 Å². The second-order valence-corrected chi connectivity index (χ2v) is 4.14. The number of halogens is 1. The van der Waals surface area contributed by atoms with E-state index in [2.05, 4.69) is 6.92 Å². The number of carbonyl (C=O) groups is 1. The average Bonchev–Trinajstić information content (AvgIpc) is 2.40. The topological polar surface area (TPSA) is 20.3 Å². The van der Waals surface area contributed by atoms with Gasteiger partial charge in [-0.2, -0.15) is 0 Å². The Labute approximate surface area is 85.2 Å². The molecule has 1 amide bonds. The van der Waals surface area contributed by atoms with Crippen molar-refractivity contribution in [2.24, 2.45) is 5.92 Å². The number of rotatable bonds is 4. The Morgan fingerprint density at radius 3 is 2.85 bits per heavy atom. The Hall–Kier alpha value is -0.240. The van der Waals surface area contributed by atoms with Crippen molar-refractivity contribution in [2.75, 3.05) is 12.4 Å². The molecular formula is C10H18ClNO. The van der Waals surface area contributed by atoms with Gasteiger partial charge in [0.1, 0.15) is 0 Å². The van der Waals surface area contributed by atoms with Gasteiger partial charge in [-0.15, -0.1) is 11.6 Å². The smallest absolute Gasteiger partial charge is 0.225 e. The number of amides is 1. The first-order chi connectivity index (χ1) is 6.20. The lowest BCUT2D eigenvalue weighted by atomic mass is 10.1. The van der Waals surface area contributed by atoms with Gasteiger partial charge in [0.25, 0.3) is 0 Å². The summed E-state index contributed by atoms with van der Waals surface area (Å²) in [5.74, 6) is 1.06. The summed E-state index contributed by atoms with van der Waals surface area (Å²) in [6, 6.07) is 0.288. The van der Waals surface area contributed by atoms with E-state index in [1.54, 1.807) is 0 Å². The van der Waals surface area contributed by atoms with Gasteiger partial charge in [-0.25, -0.2) is 0 Å². The Morgan fingerprint density at radius 1 is 1.62 bits per heavy atom. The molecule has 2 nitrogen and oxygen atoms in total. The van der Waals surface area contributed by atoms with Crippen LogP contribution in [-0.4, -0.2) is 29.3 Å². The molecule has 3 heteroatoms. The van der Waals surface area contributed by atoms with Crippen LogP contribution in [0.15, 0.2) is 0 Å². The van der Waals surface area contributed by atoms with E-state index in [0.29, 0.717) is 11.8 Å². The van der Waals surface area contributed by atoms with Gasteiger partial charge >= 0.3 is 0 Å². The summed E-state index contributed by atoms with van der Waals surface area (Å²) in [5.41, 5.74) is 0. The van der Waals surface area contributed by atoms with Crippen LogP contribution in [0.5, 0.6) is 0 Å². The standard InChI is InChI=1S/C10H18ClNO/c1-3-4-5-12-9(7-11)6-8(2)10(12)13/h8-9H,3-7H2,1-2H3. The largest absolute Gasteiger partial charge is 0.338 e. The fourth-order valence-corrected chi connectivity index (χ4v) is 2.16. The summed E-state index contributed by atoms with van der Waals surface area (Å²) < 4.78 is 0. The van der Waals surface area contributed by atoms with Crippen LogP contribution >= 0.6 is 11.6 Å². The van der Waals surface area contributed by atoms with E-state index < -0.39 is 0 Å². The maximum absolute atomic E-state index is 11.6. The summed E-state index contributed by atoms with van der Waals surface area (Å²) in [7, 11) is 0. The fourth-order valence-electron chi connectivity index (χ4n) is 1.87. The van der Waals surface area contributed by atoms with Crippen molar-refractivity contribution < 1.29 is 4.79 Å². The van der Waals surface area contributed by atoms with E-state index in [0.717, 1.165) is 25.8 Å². The molecule has 2 unspecified atom stereocenters. The molecule has 76 valence electrons. The van der Waals surface area contributed by atoms with Crippen molar-refractivity contribution in [3.63, 3.8) is 0 Å². The van der Waals surface area contributed by atoms with Crippen LogP contribution in [0.2, 0.25) is 0 Å². The minimum atomic E-state index is 0.181. The van der Waals surface area contributed by atoms with Crippen molar-refractivity contribution >= 4 is 17.5 Å².